The van der Waals surface area contributed by atoms with Crippen molar-refractivity contribution < 1.29 is 4.79 Å². The molecule has 2 heterocycles. The third-order valence-electron chi connectivity index (χ3n) is 5.11. The minimum Gasteiger partial charge on any atom is -0.341 e. The summed E-state index contributed by atoms with van der Waals surface area (Å²) < 4.78 is 0. The standard InChI is InChI=1S/C18H27N3O/c1-14(19)18(22)21-11-9-17-16(13-21)8-5-10-20(17)12-15-6-3-2-4-7-15/h2-4,6-7,14,16-17H,5,8-13,19H2,1H3/t14-,16-,17+/m0/s1. The van der Waals surface area contributed by atoms with Crippen molar-refractivity contribution in [2.45, 2.75) is 44.8 Å². The van der Waals surface area contributed by atoms with Gasteiger partial charge in [-0.2, -0.15) is 0 Å². The fourth-order valence-electron chi connectivity index (χ4n) is 4.01. The number of nitrogens with two attached hydrogens (primary N) is 1. The van der Waals surface area contributed by atoms with Crippen LogP contribution in [0.5, 0.6) is 0 Å². The topological polar surface area (TPSA) is 49.6 Å². The lowest BCUT2D eigenvalue weighted by Gasteiger charge is -2.47. The molecule has 2 N–H and O–H groups in total. The number of carbonyl (C=O) groups is 1. The van der Waals surface area contributed by atoms with E-state index in [0.29, 0.717) is 12.0 Å². The fourth-order valence-corrected chi connectivity index (χ4v) is 4.01. The van der Waals surface area contributed by atoms with E-state index in [4.69, 9.17) is 5.73 Å². The predicted molar refractivity (Wildman–Crippen MR) is 88.2 cm³/mol. The molecule has 4 nitrogen and oxygen atoms in total. The number of piperidine rings is 2. The molecule has 120 valence electrons. The van der Waals surface area contributed by atoms with Crippen LogP contribution in [-0.2, 0) is 11.3 Å². The second kappa shape index (κ2) is 6.80. The lowest BCUT2D eigenvalue weighted by molar-refractivity contribution is -0.136. The second-order valence-electron chi connectivity index (χ2n) is 6.79. The van der Waals surface area contributed by atoms with Crippen LogP contribution < -0.4 is 5.73 Å². The number of hydrogen-bond acceptors (Lipinski definition) is 3. The Morgan fingerprint density at radius 1 is 1.27 bits per heavy atom. The van der Waals surface area contributed by atoms with Gasteiger partial charge in [-0.1, -0.05) is 30.3 Å². The predicted octanol–water partition coefficient (Wildman–Crippen LogP) is 1.85. The van der Waals surface area contributed by atoms with Crippen molar-refractivity contribution in [2.24, 2.45) is 11.7 Å². The van der Waals surface area contributed by atoms with Crippen molar-refractivity contribution in [3.05, 3.63) is 35.9 Å². The summed E-state index contributed by atoms with van der Waals surface area (Å²) in [5, 5.41) is 0. The highest BCUT2D eigenvalue weighted by Gasteiger charge is 2.37. The van der Waals surface area contributed by atoms with Gasteiger partial charge in [0, 0.05) is 25.7 Å². The molecular weight excluding hydrogens is 274 g/mol. The van der Waals surface area contributed by atoms with E-state index in [9.17, 15) is 4.79 Å². The lowest BCUT2D eigenvalue weighted by Crippen LogP contribution is -2.56. The van der Waals surface area contributed by atoms with E-state index in [0.717, 1.165) is 26.1 Å². The van der Waals surface area contributed by atoms with Gasteiger partial charge in [0.15, 0.2) is 0 Å². The minimum atomic E-state index is -0.374. The molecule has 2 aliphatic heterocycles. The number of benzene rings is 1. The van der Waals surface area contributed by atoms with Gasteiger partial charge in [-0.25, -0.2) is 0 Å². The number of likely N-dealkylation sites (tertiary alicyclic amines) is 2. The zero-order valence-corrected chi connectivity index (χ0v) is 13.4. The van der Waals surface area contributed by atoms with Crippen LogP contribution >= 0.6 is 0 Å². The maximum atomic E-state index is 12.1. The van der Waals surface area contributed by atoms with Crippen LogP contribution in [0.15, 0.2) is 30.3 Å². The Labute approximate surface area is 133 Å². The number of fused-ring (bicyclic) bond motifs is 1. The van der Waals surface area contributed by atoms with E-state index in [2.05, 4.69) is 35.2 Å². The molecule has 1 aromatic rings. The van der Waals surface area contributed by atoms with E-state index < -0.39 is 0 Å². The molecule has 22 heavy (non-hydrogen) atoms. The van der Waals surface area contributed by atoms with Crippen molar-refractivity contribution in [3.63, 3.8) is 0 Å². The summed E-state index contributed by atoms with van der Waals surface area (Å²) >= 11 is 0. The summed E-state index contributed by atoms with van der Waals surface area (Å²) in [7, 11) is 0. The van der Waals surface area contributed by atoms with Gasteiger partial charge in [-0.05, 0) is 44.2 Å². The summed E-state index contributed by atoms with van der Waals surface area (Å²) in [5.74, 6) is 0.715. The van der Waals surface area contributed by atoms with E-state index in [1.165, 1.54) is 24.9 Å². The zero-order valence-electron chi connectivity index (χ0n) is 13.4. The van der Waals surface area contributed by atoms with Crippen LogP contribution in [0.25, 0.3) is 0 Å². The Morgan fingerprint density at radius 3 is 2.77 bits per heavy atom. The molecule has 2 saturated heterocycles. The molecule has 0 saturated carbocycles. The molecule has 4 heteroatoms. The first-order valence-electron chi connectivity index (χ1n) is 8.47. The van der Waals surface area contributed by atoms with E-state index in [1.54, 1.807) is 6.92 Å². The normalized spacial score (nSPS) is 27.3. The van der Waals surface area contributed by atoms with Crippen LogP contribution in [0, 0.1) is 5.92 Å². The van der Waals surface area contributed by atoms with E-state index >= 15 is 0 Å². The van der Waals surface area contributed by atoms with Crippen LogP contribution in [0.1, 0.15) is 31.7 Å². The molecule has 1 aromatic carbocycles. The Kier molecular flexibility index (Phi) is 4.79. The number of hydrogen-bond donors (Lipinski definition) is 1. The molecule has 2 fully saturated rings. The number of amides is 1. The average molecular weight is 301 g/mol. The van der Waals surface area contributed by atoms with Gasteiger partial charge in [0.25, 0.3) is 0 Å². The quantitative estimate of drug-likeness (QED) is 0.927. The summed E-state index contributed by atoms with van der Waals surface area (Å²) in [5.41, 5.74) is 7.15. The molecule has 0 radical (unpaired) electrons. The summed E-state index contributed by atoms with van der Waals surface area (Å²) in [4.78, 5) is 16.7. The number of carbonyl (C=O) groups excluding carboxylic acids is 1. The molecule has 0 aromatic heterocycles. The highest BCUT2D eigenvalue weighted by atomic mass is 16.2. The Morgan fingerprint density at radius 2 is 2.05 bits per heavy atom. The van der Waals surface area contributed by atoms with Gasteiger partial charge >= 0.3 is 0 Å². The van der Waals surface area contributed by atoms with Gasteiger partial charge in [-0.15, -0.1) is 0 Å². The highest BCUT2D eigenvalue weighted by Crippen LogP contribution is 2.31. The van der Waals surface area contributed by atoms with Crippen LogP contribution in [0.3, 0.4) is 0 Å². The third kappa shape index (κ3) is 3.33. The van der Waals surface area contributed by atoms with Crippen molar-refractivity contribution in [3.8, 4) is 0 Å². The maximum absolute atomic E-state index is 12.1. The van der Waals surface area contributed by atoms with Gasteiger partial charge < -0.3 is 10.6 Å². The molecule has 3 atom stereocenters. The zero-order chi connectivity index (χ0) is 15.5. The van der Waals surface area contributed by atoms with Crippen molar-refractivity contribution >= 4 is 5.91 Å². The van der Waals surface area contributed by atoms with Crippen molar-refractivity contribution in [1.82, 2.24) is 9.80 Å². The highest BCUT2D eigenvalue weighted by molar-refractivity contribution is 5.81. The maximum Gasteiger partial charge on any atom is 0.239 e. The monoisotopic (exact) mass is 301 g/mol. The molecule has 3 rings (SSSR count). The first-order chi connectivity index (χ1) is 10.6. The Balaban J connectivity index is 1.64. The molecule has 0 aliphatic carbocycles. The lowest BCUT2D eigenvalue weighted by atomic mass is 9.83. The van der Waals surface area contributed by atoms with Crippen LogP contribution in [-0.4, -0.2) is 47.4 Å². The second-order valence-corrected chi connectivity index (χ2v) is 6.79. The third-order valence-corrected chi connectivity index (χ3v) is 5.11. The molecular formula is C18H27N3O. The van der Waals surface area contributed by atoms with E-state index in [1.807, 2.05) is 4.90 Å². The van der Waals surface area contributed by atoms with Gasteiger partial charge in [0.2, 0.25) is 5.91 Å². The molecule has 0 spiro atoms. The largest absolute Gasteiger partial charge is 0.341 e. The smallest absolute Gasteiger partial charge is 0.239 e. The Bertz CT molecular complexity index is 502. The minimum absolute atomic E-state index is 0.110. The summed E-state index contributed by atoms with van der Waals surface area (Å²) in [6, 6.07) is 10.9. The summed E-state index contributed by atoms with van der Waals surface area (Å²) in [6.07, 6.45) is 3.54. The van der Waals surface area contributed by atoms with Crippen molar-refractivity contribution in [1.29, 1.82) is 0 Å². The van der Waals surface area contributed by atoms with Gasteiger partial charge in [-0.3, -0.25) is 9.69 Å². The number of rotatable bonds is 3. The van der Waals surface area contributed by atoms with Crippen LogP contribution in [0.4, 0.5) is 0 Å². The molecule has 0 unspecified atom stereocenters. The van der Waals surface area contributed by atoms with E-state index in [-0.39, 0.29) is 11.9 Å². The first-order valence-corrected chi connectivity index (χ1v) is 8.47. The Hall–Kier alpha value is -1.39. The fraction of sp³-hybridized carbons (Fsp3) is 0.611. The SMILES string of the molecule is C[C@H](N)C(=O)N1CC[C@@H]2[C@@H](CCCN2Cc2ccccc2)C1. The average Bonchev–Trinajstić information content (AvgIpc) is 2.55. The van der Waals surface area contributed by atoms with Gasteiger partial charge in [0.05, 0.1) is 6.04 Å². The molecule has 1 amide bonds. The molecule has 0 bridgehead atoms. The number of nitrogens with zero attached hydrogens (tertiary/aromatic N) is 2. The van der Waals surface area contributed by atoms with Crippen molar-refractivity contribution in [2.75, 3.05) is 19.6 Å². The van der Waals surface area contributed by atoms with Crippen LogP contribution in [0.2, 0.25) is 0 Å². The van der Waals surface area contributed by atoms with Gasteiger partial charge in [0.1, 0.15) is 0 Å². The first kappa shape index (κ1) is 15.5. The molecule has 2 aliphatic rings. The summed E-state index contributed by atoms with van der Waals surface area (Å²) in [6.45, 7) is 5.74.